The molecular weight excluding hydrogens is 499 g/mol. The zero-order valence-electron chi connectivity index (χ0n) is 16.0. The number of hydrogen-bond acceptors (Lipinski definition) is 7. The minimum absolute atomic E-state index is 0.0835. The van der Waals surface area contributed by atoms with Crippen molar-refractivity contribution in [3.05, 3.63) is 89.1 Å². The Balaban J connectivity index is 1.88. The maximum atomic E-state index is 12.5. The lowest BCUT2D eigenvalue weighted by molar-refractivity contribution is -0.385. The Kier molecular flexibility index (Phi) is 6.98. The molecule has 1 aromatic heterocycles. The van der Waals surface area contributed by atoms with E-state index in [-0.39, 0.29) is 49.2 Å². The van der Waals surface area contributed by atoms with Crippen LogP contribution in [-0.4, -0.2) is 15.8 Å². The van der Waals surface area contributed by atoms with Crippen LogP contribution in [0.5, 0.6) is 0 Å². The van der Waals surface area contributed by atoms with Crippen LogP contribution in [0.2, 0.25) is 15.1 Å². The van der Waals surface area contributed by atoms with E-state index in [9.17, 15) is 30.3 Å². The van der Waals surface area contributed by atoms with Gasteiger partial charge in [0.2, 0.25) is 0 Å². The number of amides is 1. The van der Waals surface area contributed by atoms with Crippen LogP contribution in [0, 0.1) is 31.6 Å². The van der Waals surface area contributed by atoms with E-state index in [2.05, 4.69) is 5.32 Å². The summed E-state index contributed by atoms with van der Waals surface area (Å²) in [7, 11) is 0. The summed E-state index contributed by atoms with van der Waals surface area (Å²) in [6.45, 7) is 0. The molecule has 0 aliphatic carbocycles. The van der Waals surface area contributed by atoms with E-state index in [4.69, 9.17) is 39.2 Å². The van der Waals surface area contributed by atoms with Gasteiger partial charge in [0.15, 0.2) is 0 Å². The predicted molar refractivity (Wildman–Crippen MR) is 121 cm³/mol. The van der Waals surface area contributed by atoms with Crippen molar-refractivity contribution in [2.24, 2.45) is 0 Å². The van der Waals surface area contributed by atoms with E-state index in [1.165, 1.54) is 30.3 Å². The van der Waals surface area contributed by atoms with Crippen LogP contribution >= 0.6 is 34.8 Å². The van der Waals surface area contributed by atoms with Gasteiger partial charge >= 0.3 is 0 Å². The summed E-state index contributed by atoms with van der Waals surface area (Å²) in [6, 6.07) is 10.4. The zero-order chi connectivity index (χ0) is 24.3. The summed E-state index contributed by atoms with van der Waals surface area (Å²) in [5.74, 6) is -0.643. The Bertz CT molecular complexity index is 1350. The van der Waals surface area contributed by atoms with Gasteiger partial charge < -0.3 is 9.73 Å². The second-order valence-electron chi connectivity index (χ2n) is 6.29. The molecule has 1 heterocycles. The van der Waals surface area contributed by atoms with Gasteiger partial charge in [-0.25, -0.2) is 0 Å². The van der Waals surface area contributed by atoms with Gasteiger partial charge in [-0.15, -0.1) is 0 Å². The first-order valence-corrected chi connectivity index (χ1v) is 9.85. The van der Waals surface area contributed by atoms with Crippen LogP contribution in [0.1, 0.15) is 5.76 Å². The molecule has 0 atom stereocenters. The third-order valence-corrected chi connectivity index (χ3v) is 5.11. The Hall–Kier alpha value is -3.91. The van der Waals surface area contributed by atoms with Crippen molar-refractivity contribution in [3.8, 4) is 17.4 Å². The van der Waals surface area contributed by atoms with Crippen LogP contribution < -0.4 is 5.32 Å². The number of furan rings is 1. The summed E-state index contributed by atoms with van der Waals surface area (Å²) >= 11 is 18.0. The van der Waals surface area contributed by atoms with Crippen LogP contribution in [-0.2, 0) is 4.79 Å². The fraction of sp³-hybridized carbons (Fsp3) is 0. The number of anilines is 1. The summed E-state index contributed by atoms with van der Waals surface area (Å²) < 4.78 is 5.57. The molecular formula is C20H9Cl3N4O6. The van der Waals surface area contributed by atoms with Crippen LogP contribution in [0.25, 0.3) is 17.4 Å². The summed E-state index contributed by atoms with van der Waals surface area (Å²) in [6.07, 6.45) is 1.12. The lowest BCUT2D eigenvalue weighted by atomic mass is 10.1. The normalized spacial score (nSPS) is 11.0. The molecule has 0 spiro atoms. The number of nitro groups is 2. The van der Waals surface area contributed by atoms with E-state index in [0.29, 0.717) is 0 Å². The van der Waals surface area contributed by atoms with E-state index in [1.54, 1.807) is 6.07 Å². The fourth-order valence-electron chi connectivity index (χ4n) is 2.65. The van der Waals surface area contributed by atoms with Crippen molar-refractivity contribution in [1.82, 2.24) is 0 Å². The molecule has 0 aliphatic rings. The number of benzene rings is 2. The molecule has 0 saturated carbocycles. The third kappa shape index (κ3) is 5.30. The molecule has 33 heavy (non-hydrogen) atoms. The minimum atomic E-state index is -0.901. The first kappa shape index (κ1) is 23.7. The number of carbonyl (C=O) groups excluding carboxylic acids is 1. The predicted octanol–water partition coefficient (Wildman–Crippen LogP) is 6.27. The zero-order valence-corrected chi connectivity index (χ0v) is 18.3. The fourth-order valence-corrected chi connectivity index (χ4v) is 3.43. The van der Waals surface area contributed by atoms with Gasteiger partial charge in [0.05, 0.1) is 30.6 Å². The quantitative estimate of drug-likeness (QED) is 0.178. The molecule has 3 aromatic rings. The number of rotatable bonds is 6. The van der Waals surface area contributed by atoms with Crippen LogP contribution in [0.15, 0.2) is 52.5 Å². The van der Waals surface area contributed by atoms with E-state index < -0.39 is 21.3 Å². The van der Waals surface area contributed by atoms with Crippen LogP contribution in [0.3, 0.4) is 0 Å². The molecule has 1 N–H and O–H groups in total. The second kappa shape index (κ2) is 9.70. The van der Waals surface area contributed by atoms with Crippen molar-refractivity contribution in [1.29, 1.82) is 5.26 Å². The lowest BCUT2D eigenvalue weighted by Crippen LogP contribution is -2.14. The standard InChI is InChI=1S/C20H9Cl3N4O6/c21-15-3-1-11(26(29)30)6-14(15)18-4-2-13(33-18)5-10(9-24)20(28)25-19-16(22)7-12(27(31)32)8-17(19)23/h1-8H,(H,25,28)/b10-5+. The summed E-state index contributed by atoms with van der Waals surface area (Å²) in [4.78, 5) is 33.1. The van der Waals surface area contributed by atoms with Gasteiger partial charge in [-0.05, 0) is 18.2 Å². The number of hydrogen-bond donors (Lipinski definition) is 1. The third-order valence-electron chi connectivity index (χ3n) is 4.18. The highest BCUT2D eigenvalue weighted by Gasteiger charge is 2.19. The van der Waals surface area contributed by atoms with Gasteiger partial charge in [-0.1, -0.05) is 34.8 Å². The first-order valence-electron chi connectivity index (χ1n) is 8.71. The molecule has 0 radical (unpaired) electrons. The topological polar surface area (TPSA) is 152 Å². The Morgan fingerprint density at radius 2 is 1.61 bits per heavy atom. The van der Waals surface area contributed by atoms with Crippen LogP contribution in [0.4, 0.5) is 17.1 Å². The average molecular weight is 508 g/mol. The van der Waals surface area contributed by atoms with E-state index in [1.807, 2.05) is 0 Å². The summed E-state index contributed by atoms with van der Waals surface area (Å²) in [5.41, 5.74) is -0.832. The van der Waals surface area contributed by atoms with E-state index in [0.717, 1.165) is 18.2 Å². The minimum Gasteiger partial charge on any atom is -0.457 e. The SMILES string of the molecule is N#C/C(=C\c1ccc(-c2cc([N+](=O)[O-])ccc2Cl)o1)C(=O)Nc1c(Cl)cc([N+](=O)[O-])cc1Cl. The Labute approximate surface area is 199 Å². The number of nitro benzene ring substituents is 2. The smallest absolute Gasteiger partial charge is 0.272 e. The number of nitriles is 1. The Morgan fingerprint density at radius 3 is 2.18 bits per heavy atom. The summed E-state index contributed by atoms with van der Waals surface area (Å²) in [5, 5.41) is 33.4. The molecule has 0 fully saturated rings. The Morgan fingerprint density at radius 1 is 0.970 bits per heavy atom. The van der Waals surface area contributed by atoms with Gasteiger partial charge in [-0.3, -0.25) is 25.0 Å². The van der Waals surface area contributed by atoms with Gasteiger partial charge in [0, 0.05) is 35.9 Å². The highest BCUT2D eigenvalue weighted by atomic mass is 35.5. The molecule has 0 saturated heterocycles. The van der Waals surface area contributed by atoms with Gasteiger partial charge in [-0.2, -0.15) is 5.26 Å². The van der Waals surface area contributed by atoms with Gasteiger partial charge in [0.1, 0.15) is 23.2 Å². The molecule has 1 amide bonds. The van der Waals surface area contributed by atoms with Crippen molar-refractivity contribution in [2.45, 2.75) is 0 Å². The first-order chi connectivity index (χ1) is 15.6. The molecule has 166 valence electrons. The molecule has 0 bridgehead atoms. The monoisotopic (exact) mass is 506 g/mol. The molecule has 0 unspecified atom stereocenters. The van der Waals surface area contributed by atoms with Crippen molar-refractivity contribution >= 4 is 63.8 Å². The number of carbonyl (C=O) groups is 1. The molecule has 10 nitrogen and oxygen atoms in total. The van der Waals surface area contributed by atoms with Crippen molar-refractivity contribution < 1.29 is 19.1 Å². The second-order valence-corrected chi connectivity index (χ2v) is 7.51. The largest absolute Gasteiger partial charge is 0.457 e. The van der Waals surface area contributed by atoms with E-state index >= 15 is 0 Å². The van der Waals surface area contributed by atoms with Crippen molar-refractivity contribution in [3.63, 3.8) is 0 Å². The molecule has 3 rings (SSSR count). The maximum absolute atomic E-state index is 12.5. The molecule has 0 aliphatic heterocycles. The number of non-ortho nitro benzene ring substituents is 2. The highest BCUT2D eigenvalue weighted by Crippen LogP contribution is 2.35. The number of nitrogens with zero attached hydrogens (tertiary/aromatic N) is 3. The number of nitrogens with one attached hydrogen (secondary N) is 1. The maximum Gasteiger partial charge on any atom is 0.272 e. The molecule has 13 heteroatoms. The lowest BCUT2D eigenvalue weighted by Gasteiger charge is -2.08. The molecule has 2 aromatic carbocycles. The van der Waals surface area contributed by atoms with Gasteiger partial charge in [0.25, 0.3) is 17.3 Å². The van der Waals surface area contributed by atoms with Crippen molar-refractivity contribution in [2.75, 3.05) is 5.32 Å². The average Bonchev–Trinajstić information content (AvgIpc) is 3.22. The number of halogens is 3. The highest BCUT2D eigenvalue weighted by molar-refractivity contribution is 6.40.